The lowest BCUT2D eigenvalue weighted by atomic mass is 10.0. The van der Waals surface area contributed by atoms with Crippen LogP contribution in [-0.4, -0.2) is 21.0 Å². The molecule has 140 valence electrons. The molecule has 1 fully saturated rings. The van der Waals surface area contributed by atoms with Crippen molar-refractivity contribution in [1.29, 1.82) is 0 Å². The summed E-state index contributed by atoms with van der Waals surface area (Å²) in [4.78, 5) is 22.3. The van der Waals surface area contributed by atoms with E-state index in [9.17, 15) is 4.79 Å². The molecule has 0 saturated heterocycles. The summed E-state index contributed by atoms with van der Waals surface area (Å²) in [5.74, 6) is 1.63. The van der Waals surface area contributed by atoms with Gasteiger partial charge in [-0.05, 0) is 18.8 Å². The van der Waals surface area contributed by atoms with Gasteiger partial charge in [0.25, 0.3) is 0 Å². The van der Waals surface area contributed by atoms with Gasteiger partial charge in [-0.25, -0.2) is 4.98 Å². The average Bonchev–Trinajstić information content (AvgIpc) is 3.42. The first-order valence-corrected chi connectivity index (χ1v) is 10.2. The highest BCUT2D eigenvalue weighted by molar-refractivity contribution is 7.19. The molecule has 4 rings (SSSR count). The van der Waals surface area contributed by atoms with Gasteiger partial charge >= 0.3 is 0 Å². The van der Waals surface area contributed by atoms with Crippen LogP contribution in [-0.2, 0) is 11.2 Å². The normalized spacial score (nSPS) is 14.6. The smallest absolute Gasteiger partial charge is 0.226 e. The lowest BCUT2D eigenvalue weighted by Crippen LogP contribution is -2.14. The summed E-state index contributed by atoms with van der Waals surface area (Å²) in [5, 5.41) is 7.64. The van der Waals surface area contributed by atoms with Crippen molar-refractivity contribution in [3.8, 4) is 22.0 Å². The lowest BCUT2D eigenvalue weighted by Gasteiger charge is -2.07. The van der Waals surface area contributed by atoms with Gasteiger partial charge in [-0.15, -0.1) is 0 Å². The fourth-order valence-corrected chi connectivity index (χ4v) is 4.38. The summed E-state index contributed by atoms with van der Waals surface area (Å²) in [6.45, 7) is 1.97. The topological polar surface area (TPSA) is 80.9 Å². The number of carbonyl (C=O) groups is 1. The molecule has 0 radical (unpaired) electrons. The first kappa shape index (κ1) is 17.9. The van der Waals surface area contributed by atoms with Gasteiger partial charge in [0.2, 0.25) is 17.6 Å². The van der Waals surface area contributed by atoms with Crippen molar-refractivity contribution in [3.63, 3.8) is 0 Å². The SMILES string of the molecule is CCc1nc(-c2sc(NC(=O)CC3CCCC3)nc2-c2ccccc2)no1. The Morgan fingerprint density at radius 3 is 2.70 bits per heavy atom. The van der Waals surface area contributed by atoms with Gasteiger partial charge in [-0.2, -0.15) is 4.98 Å². The second-order valence-electron chi connectivity index (χ2n) is 6.83. The van der Waals surface area contributed by atoms with E-state index in [1.165, 1.54) is 24.2 Å². The predicted molar refractivity (Wildman–Crippen MR) is 105 cm³/mol. The van der Waals surface area contributed by atoms with E-state index in [1.54, 1.807) is 0 Å². The number of hydrogen-bond donors (Lipinski definition) is 1. The average molecular weight is 382 g/mol. The number of aryl methyl sites for hydroxylation is 1. The Bertz CT molecular complexity index is 913. The molecule has 1 N–H and O–H groups in total. The van der Waals surface area contributed by atoms with Crippen LogP contribution in [0.5, 0.6) is 0 Å². The number of benzene rings is 1. The third-order valence-corrected chi connectivity index (χ3v) is 5.81. The van der Waals surface area contributed by atoms with E-state index in [0.29, 0.717) is 35.6 Å². The fourth-order valence-electron chi connectivity index (χ4n) is 3.45. The van der Waals surface area contributed by atoms with E-state index in [2.05, 4.69) is 20.4 Å². The highest BCUT2D eigenvalue weighted by Gasteiger charge is 2.22. The molecule has 1 saturated carbocycles. The number of hydrogen-bond acceptors (Lipinski definition) is 6. The molecule has 1 aromatic carbocycles. The standard InChI is InChI=1S/C20H22N4O2S/c1-2-16-22-19(24-26-16)18-17(14-10-4-3-5-11-14)23-20(27-18)21-15(25)12-13-8-6-7-9-13/h3-5,10-11,13H,2,6-9,12H2,1H3,(H,21,23,25). The molecule has 0 atom stereocenters. The Morgan fingerprint density at radius 2 is 2.00 bits per heavy atom. The minimum atomic E-state index is 0.0316. The molecule has 6 nitrogen and oxygen atoms in total. The number of nitrogens with zero attached hydrogens (tertiary/aromatic N) is 3. The Kier molecular flexibility index (Phi) is 5.29. The number of amides is 1. The second-order valence-corrected chi connectivity index (χ2v) is 7.83. The van der Waals surface area contributed by atoms with Crippen LogP contribution in [0, 0.1) is 5.92 Å². The molecule has 0 spiro atoms. The van der Waals surface area contributed by atoms with E-state index in [-0.39, 0.29) is 5.91 Å². The van der Waals surface area contributed by atoms with Crippen molar-refractivity contribution >= 4 is 22.4 Å². The monoisotopic (exact) mass is 382 g/mol. The first-order chi connectivity index (χ1) is 13.2. The Labute approximate surface area is 162 Å². The van der Waals surface area contributed by atoms with Crippen LogP contribution < -0.4 is 5.32 Å². The van der Waals surface area contributed by atoms with Gasteiger partial charge in [0, 0.05) is 18.4 Å². The van der Waals surface area contributed by atoms with Gasteiger partial charge in [0.05, 0.1) is 5.69 Å². The van der Waals surface area contributed by atoms with Crippen LogP contribution in [0.4, 0.5) is 5.13 Å². The quantitative estimate of drug-likeness (QED) is 0.653. The molecule has 27 heavy (non-hydrogen) atoms. The van der Waals surface area contributed by atoms with E-state index < -0.39 is 0 Å². The minimum Gasteiger partial charge on any atom is -0.339 e. The van der Waals surface area contributed by atoms with Crippen molar-refractivity contribution in [2.24, 2.45) is 5.92 Å². The van der Waals surface area contributed by atoms with Crippen molar-refractivity contribution < 1.29 is 9.32 Å². The Hall–Kier alpha value is -2.54. The summed E-state index contributed by atoms with van der Waals surface area (Å²) < 4.78 is 5.27. The Balaban J connectivity index is 1.62. The molecule has 1 amide bonds. The molecule has 2 heterocycles. The van der Waals surface area contributed by atoms with Crippen molar-refractivity contribution in [2.75, 3.05) is 5.32 Å². The molecule has 0 aliphatic heterocycles. The Morgan fingerprint density at radius 1 is 1.22 bits per heavy atom. The van der Waals surface area contributed by atoms with Gasteiger partial charge < -0.3 is 9.84 Å². The number of nitrogens with one attached hydrogen (secondary N) is 1. The summed E-state index contributed by atoms with van der Waals surface area (Å²) in [5.41, 5.74) is 1.73. The highest BCUT2D eigenvalue weighted by Crippen LogP contribution is 2.38. The summed E-state index contributed by atoms with van der Waals surface area (Å²) in [7, 11) is 0. The third kappa shape index (κ3) is 4.08. The van der Waals surface area contributed by atoms with Gasteiger partial charge in [-0.3, -0.25) is 4.79 Å². The molecule has 0 bridgehead atoms. The zero-order valence-electron chi connectivity index (χ0n) is 15.3. The van der Waals surface area contributed by atoms with E-state index >= 15 is 0 Å². The minimum absolute atomic E-state index is 0.0316. The largest absolute Gasteiger partial charge is 0.339 e. The molecule has 7 heteroatoms. The maximum atomic E-state index is 12.4. The number of thiazole rings is 1. The number of anilines is 1. The molecular formula is C20H22N4O2S. The first-order valence-electron chi connectivity index (χ1n) is 9.42. The van der Waals surface area contributed by atoms with Crippen LogP contribution in [0.1, 0.15) is 44.9 Å². The van der Waals surface area contributed by atoms with Gasteiger partial charge in [0.1, 0.15) is 4.88 Å². The van der Waals surface area contributed by atoms with Crippen LogP contribution in [0.15, 0.2) is 34.9 Å². The highest BCUT2D eigenvalue weighted by atomic mass is 32.1. The fraction of sp³-hybridized carbons (Fsp3) is 0.400. The van der Waals surface area contributed by atoms with Crippen LogP contribution in [0.3, 0.4) is 0 Å². The zero-order chi connectivity index (χ0) is 18.6. The number of carbonyl (C=O) groups excluding carboxylic acids is 1. The van der Waals surface area contributed by atoms with Gasteiger partial charge in [-0.1, -0.05) is 66.6 Å². The lowest BCUT2D eigenvalue weighted by molar-refractivity contribution is -0.117. The van der Waals surface area contributed by atoms with Crippen molar-refractivity contribution in [3.05, 3.63) is 36.2 Å². The maximum absolute atomic E-state index is 12.4. The van der Waals surface area contributed by atoms with E-state index in [0.717, 1.165) is 29.0 Å². The predicted octanol–water partition coefficient (Wildman–Crippen LogP) is 4.94. The zero-order valence-corrected chi connectivity index (χ0v) is 16.1. The van der Waals surface area contributed by atoms with Gasteiger partial charge in [0.15, 0.2) is 5.13 Å². The van der Waals surface area contributed by atoms with Crippen molar-refractivity contribution in [2.45, 2.75) is 45.4 Å². The molecule has 1 aliphatic rings. The van der Waals surface area contributed by atoms with Crippen LogP contribution >= 0.6 is 11.3 Å². The molecule has 1 aliphatic carbocycles. The molecular weight excluding hydrogens is 360 g/mol. The number of aromatic nitrogens is 3. The molecule has 2 aromatic heterocycles. The van der Waals surface area contributed by atoms with Crippen LogP contribution in [0.2, 0.25) is 0 Å². The van der Waals surface area contributed by atoms with E-state index in [4.69, 9.17) is 4.52 Å². The summed E-state index contributed by atoms with van der Waals surface area (Å²) in [6.07, 6.45) is 6.00. The molecule has 0 unspecified atom stereocenters. The maximum Gasteiger partial charge on any atom is 0.226 e. The van der Waals surface area contributed by atoms with Crippen molar-refractivity contribution in [1.82, 2.24) is 15.1 Å². The third-order valence-electron chi connectivity index (χ3n) is 4.84. The number of rotatable bonds is 6. The van der Waals surface area contributed by atoms with Crippen LogP contribution in [0.25, 0.3) is 22.0 Å². The van der Waals surface area contributed by atoms with E-state index in [1.807, 2.05) is 37.3 Å². The molecule has 3 aromatic rings. The summed E-state index contributed by atoms with van der Waals surface area (Å²) in [6, 6.07) is 9.87. The second kappa shape index (κ2) is 8.00. The summed E-state index contributed by atoms with van der Waals surface area (Å²) >= 11 is 1.39.